The van der Waals surface area contributed by atoms with Crippen LogP contribution in [0.4, 0.5) is 0 Å². The summed E-state index contributed by atoms with van der Waals surface area (Å²) in [4.78, 5) is 16.2. The largest absolute Gasteiger partial charge is 0.456 e. The third kappa shape index (κ3) is 5.92. The minimum atomic E-state index is 0.559. The SMILES string of the molecule is c1ccc(-c2ccc(-c3nc(-c4cc(-n5c6cc7ccccc7cc6c6ccc7ccccc7c65)c5c(c4)oc4cc6ccccc6cc45)nc(-c4cccc5sc6ccccc6c45)n3)cc2)cc1. The zero-order valence-corrected chi connectivity index (χ0v) is 37.7. The van der Waals surface area contributed by atoms with E-state index >= 15 is 0 Å². The molecular weight excluding hydrogens is 861 g/mol. The zero-order chi connectivity index (χ0) is 45.2. The summed E-state index contributed by atoms with van der Waals surface area (Å²) in [5.74, 6) is 1.77. The Labute approximate surface area is 398 Å². The van der Waals surface area contributed by atoms with Crippen LogP contribution in [0.2, 0.25) is 0 Å². The van der Waals surface area contributed by atoms with Crippen molar-refractivity contribution in [1.82, 2.24) is 19.5 Å². The maximum atomic E-state index is 7.04. The van der Waals surface area contributed by atoms with Gasteiger partial charge in [0.1, 0.15) is 11.2 Å². The number of benzene rings is 11. The Balaban J connectivity index is 1.06. The maximum absolute atomic E-state index is 7.04. The van der Waals surface area contributed by atoms with Crippen LogP contribution in [0.25, 0.3) is 147 Å². The fraction of sp³-hybridized carbons (Fsp3) is 0. The van der Waals surface area contributed by atoms with Crippen LogP contribution < -0.4 is 0 Å². The molecule has 0 unspecified atom stereocenters. The molecule has 320 valence electrons. The van der Waals surface area contributed by atoms with Crippen molar-refractivity contribution < 1.29 is 4.42 Å². The minimum absolute atomic E-state index is 0.559. The van der Waals surface area contributed by atoms with Crippen molar-refractivity contribution in [3.63, 3.8) is 0 Å². The molecule has 6 heteroatoms. The second-order valence-electron chi connectivity index (χ2n) is 17.9. The number of thiophene rings is 1. The van der Waals surface area contributed by atoms with Gasteiger partial charge in [0.15, 0.2) is 17.5 Å². The molecule has 11 aromatic carbocycles. The highest BCUT2D eigenvalue weighted by molar-refractivity contribution is 7.25. The topological polar surface area (TPSA) is 56.7 Å². The van der Waals surface area contributed by atoms with Crippen molar-refractivity contribution in [3.05, 3.63) is 218 Å². The smallest absolute Gasteiger partial charge is 0.164 e. The van der Waals surface area contributed by atoms with Gasteiger partial charge in [-0.2, -0.15) is 0 Å². The van der Waals surface area contributed by atoms with Crippen LogP contribution in [0, 0.1) is 0 Å². The highest BCUT2D eigenvalue weighted by Gasteiger charge is 2.24. The molecule has 0 bridgehead atoms. The summed E-state index contributed by atoms with van der Waals surface area (Å²) in [6.07, 6.45) is 0. The van der Waals surface area contributed by atoms with Gasteiger partial charge in [0.05, 0.1) is 22.1 Å². The fourth-order valence-corrected chi connectivity index (χ4v) is 11.9. The molecule has 0 saturated heterocycles. The van der Waals surface area contributed by atoms with E-state index in [0.29, 0.717) is 17.5 Å². The number of hydrogen-bond acceptors (Lipinski definition) is 5. The predicted octanol–water partition coefficient (Wildman–Crippen LogP) is 17.4. The number of nitrogens with zero attached hydrogens (tertiary/aromatic N) is 4. The molecule has 0 saturated carbocycles. The average molecular weight is 897 g/mol. The Bertz CT molecular complexity index is 4600. The summed E-state index contributed by atoms with van der Waals surface area (Å²) in [5, 5.41) is 13.8. The lowest BCUT2D eigenvalue weighted by molar-refractivity contribution is 0.669. The van der Waals surface area contributed by atoms with Crippen LogP contribution in [-0.2, 0) is 0 Å². The predicted molar refractivity (Wildman–Crippen MR) is 289 cm³/mol. The molecule has 0 fully saturated rings. The van der Waals surface area contributed by atoms with Gasteiger partial charge in [0.2, 0.25) is 0 Å². The fourth-order valence-electron chi connectivity index (χ4n) is 10.7. The van der Waals surface area contributed by atoms with Crippen LogP contribution in [0.3, 0.4) is 0 Å². The number of hydrogen-bond donors (Lipinski definition) is 0. The van der Waals surface area contributed by atoms with E-state index in [0.717, 1.165) is 82.6 Å². The summed E-state index contributed by atoms with van der Waals surface area (Å²) in [6.45, 7) is 0. The average Bonchev–Trinajstić information content (AvgIpc) is 4.08. The minimum Gasteiger partial charge on any atom is -0.456 e. The summed E-state index contributed by atoms with van der Waals surface area (Å²) in [7, 11) is 0. The number of fused-ring (bicyclic) bond motifs is 13. The normalized spacial score (nSPS) is 12.1. The van der Waals surface area contributed by atoms with Gasteiger partial charge in [-0.25, -0.2) is 15.0 Å². The van der Waals surface area contributed by atoms with Gasteiger partial charge in [0, 0.05) is 58.4 Å². The van der Waals surface area contributed by atoms with Crippen molar-refractivity contribution in [3.8, 4) is 51.0 Å². The summed E-state index contributed by atoms with van der Waals surface area (Å²) in [5.41, 5.74) is 9.79. The van der Waals surface area contributed by atoms with E-state index < -0.39 is 0 Å². The Morgan fingerprint density at radius 1 is 0.348 bits per heavy atom. The molecule has 0 aliphatic heterocycles. The van der Waals surface area contributed by atoms with Crippen LogP contribution in [0.1, 0.15) is 0 Å². The van der Waals surface area contributed by atoms with E-state index in [1.807, 2.05) is 6.07 Å². The van der Waals surface area contributed by atoms with Gasteiger partial charge >= 0.3 is 0 Å². The first-order valence-corrected chi connectivity index (χ1v) is 24.1. The molecule has 15 aromatic rings. The van der Waals surface area contributed by atoms with Gasteiger partial charge in [0.25, 0.3) is 0 Å². The highest BCUT2D eigenvalue weighted by Crippen LogP contribution is 2.45. The van der Waals surface area contributed by atoms with Gasteiger partial charge in [-0.1, -0.05) is 170 Å². The van der Waals surface area contributed by atoms with E-state index in [1.165, 1.54) is 47.1 Å². The molecule has 15 rings (SSSR count). The summed E-state index contributed by atoms with van der Waals surface area (Å²) < 4.78 is 11.9. The van der Waals surface area contributed by atoms with Crippen LogP contribution >= 0.6 is 11.3 Å². The standard InChI is InChI=1S/C63H36N4OS/c1-2-13-37(14-3-1)38-25-27-40(28-26-38)61-64-62(66-63(65-61)49-22-12-24-57-58(49)48-21-10-11-23-56(48)69-57)45-34-53(59-51-32-42-17-5-7-19-44(42)35-54(51)68-55(59)36-45)67-52-33-43-18-6-4-16-41(43)31-50(52)47-30-29-39-15-8-9-20-46(39)60(47)67/h1-36H. The van der Waals surface area contributed by atoms with Crippen LogP contribution in [0.15, 0.2) is 223 Å². The monoisotopic (exact) mass is 896 g/mol. The van der Waals surface area contributed by atoms with Crippen LogP contribution in [0.5, 0.6) is 0 Å². The van der Waals surface area contributed by atoms with Crippen molar-refractivity contribution in [1.29, 1.82) is 0 Å². The first-order valence-electron chi connectivity index (χ1n) is 23.2. The first kappa shape index (κ1) is 38.2. The molecule has 5 nitrogen and oxygen atoms in total. The van der Waals surface area contributed by atoms with E-state index in [4.69, 9.17) is 19.4 Å². The molecule has 4 aromatic heterocycles. The lowest BCUT2D eigenvalue weighted by atomic mass is 10.0. The summed E-state index contributed by atoms with van der Waals surface area (Å²) >= 11 is 1.79. The Kier molecular flexibility index (Phi) is 8.17. The number of furan rings is 1. The van der Waals surface area contributed by atoms with Crippen molar-refractivity contribution >= 4 is 108 Å². The lowest BCUT2D eigenvalue weighted by Crippen LogP contribution is -2.02. The molecule has 0 atom stereocenters. The van der Waals surface area contributed by atoms with Crippen molar-refractivity contribution in [2.24, 2.45) is 0 Å². The molecule has 0 amide bonds. The quantitative estimate of drug-likeness (QED) is 0.173. The van der Waals surface area contributed by atoms with Gasteiger partial charge in [-0.3, -0.25) is 0 Å². The van der Waals surface area contributed by atoms with Gasteiger partial charge < -0.3 is 8.98 Å². The zero-order valence-electron chi connectivity index (χ0n) is 36.9. The molecule has 0 spiro atoms. The van der Waals surface area contributed by atoms with E-state index in [9.17, 15) is 0 Å². The second-order valence-corrected chi connectivity index (χ2v) is 19.0. The third-order valence-electron chi connectivity index (χ3n) is 14.0. The first-order chi connectivity index (χ1) is 34.2. The Morgan fingerprint density at radius 2 is 0.957 bits per heavy atom. The highest BCUT2D eigenvalue weighted by atomic mass is 32.1. The number of rotatable bonds is 5. The number of aromatic nitrogens is 4. The van der Waals surface area contributed by atoms with Crippen LogP contribution in [-0.4, -0.2) is 19.5 Å². The second kappa shape index (κ2) is 14.8. The summed E-state index contributed by atoms with van der Waals surface area (Å²) in [6, 6.07) is 78.0. The molecular formula is C63H36N4OS. The molecule has 4 heterocycles. The molecule has 0 radical (unpaired) electrons. The van der Waals surface area contributed by atoms with Gasteiger partial charge in [-0.15, -0.1) is 11.3 Å². The van der Waals surface area contributed by atoms with Crippen molar-refractivity contribution in [2.45, 2.75) is 0 Å². The van der Waals surface area contributed by atoms with E-state index in [1.54, 1.807) is 11.3 Å². The Hall–Kier alpha value is -8.97. The van der Waals surface area contributed by atoms with Crippen molar-refractivity contribution in [2.75, 3.05) is 0 Å². The third-order valence-corrected chi connectivity index (χ3v) is 15.1. The van der Waals surface area contributed by atoms with E-state index in [-0.39, 0.29) is 0 Å². The molecule has 0 N–H and O–H groups in total. The van der Waals surface area contributed by atoms with Gasteiger partial charge in [-0.05, 0) is 86.6 Å². The molecule has 0 aliphatic carbocycles. The maximum Gasteiger partial charge on any atom is 0.164 e. The molecule has 0 aliphatic rings. The molecule has 69 heavy (non-hydrogen) atoms. The Morgan fingerprint density at radius 3 is 1.75 bits per heavy atom. The van der Waals surface area contributed by atoms with E-state index in [2.05, 4.69) is 217 Å². The lowest BCUT2D eigenvalue weighted by Gasteiger charge is -2.14.